The Balaban J connectivity index is 2.24. The van der Waals surface area contributed by atoms with Crippen molar-refractivity contribution in [2.45, 2.75) is 45.4 Å². The Labute approximate surface area is 128 Å². The van der Waals surface area contributed by atoms with Crippen LogP contribution in [-0.4, -0.2) is 11.8 Å². The van der Waals surface area contributed by atoms with Gasteiger partial charge in [0.2, 0.25) is 5.91 Å². The van der Waals surface area contributed by atoms with Gasteiger partial charge >= 0.3 is 0 Å². The van der Waals surface area contributed by atoms with Gasteiger partial charge in [0.25, 0.3) is 5.91 Å². The van der Waals surface area contributed by atoms with Crippen LogP contribution in [-0.2, 0) is 4.79 Å². The van der Waals surface area contributed by atoms with E-state index in [1.165, 1.54) is 12.8 Å². The normalized spacial score (nSPS) is 10.1. The van der Waals surface area contributed by atoms with Gasteiger partial charge in [-0.25, -0.2) is 0 Å². The highest BCUT2D eigenvalue weighted by molar-refractivity contribution is 9.10. The predicted molar refractivity (Wildman–Crippen MR) is 83.1 cm³/mol. The number of unbranched alkanes of at least 4 members (excludes halogenated alkanes) is 4. The van der Waals surface area contributed by atoms with E-state index in [1.54, 1.807) is 18.2 Å². The minimum absolute atomic E-state index is 0.151. The molecule has 0 radical (unpaired) electrons. The summed E-state index contributed by atoms with van der Waals surface area (Å²) in [6.45, 7) is 2.16. The van der Waals surface area contributed by atoms with Crippen LogP contribution >= 0.6 is 15.9 Å². The van der Waals surface area contributed by atoms with Crippen molar-refractivity contribution in [1.29, 1.82) is 0 Å². The lowest BCUT2D eigenvalue weighted by Gasteiger charge is -2.08. The third kappa shape index (κ3) is 6.19. The van der Waals surface area contributed by atoms with Crippen LogP contribution in [0.3, 0.4) is 0 Å². The predicted octanol–water partition coefficient (Wildman–Crippen LogP) is 3.57. The Kier molecular flexibility index (Phi) is 7.95. The van der Waals surface area contributed by atoms with Crippen LogP contribution in [0.15, 0.2) is 28.7 Å². The Bertz CT molecular complexity index is 449. The van der Waals surface area contributed by atoms with Gasteiger partial charge in [0.05, 0.1) is 5.56 Å². The minimum atomic E-state index is -0.322. The number of benzene rings is 1. The van der Waals surface area contributed by atoms with Crippen LogP contribution in [0.25, 0.3) is 0 Å². The fourth-order valence-corrected chi connectivity index (χ4v) is 2.26. The first-order valence-corrected chi connectivity index (χ1v) is 7.78. The van der Waals surface area contributed by atoms with Crippen LogP contribution in [0.1, 0.15) is 55.8 Å². The molecule has 0 fully saturated rings. The third-order valence-corrected chi connectivity index (χ3v) is 3.63. The van der Waals surface area contributed by atoms with Gasteiger partial charge in [-0.15, -0.1) is 0 Å². The molecule has 0 spiro atoms. The van der Waals surface area contributed by atoms with E-state index in [-0.39, 0.29) is 11.8 Å². The molecule has 0 saturated heterocycles. The number of hydrogen-bond donors (Lipinski definition) is 2. The third-order valence-electron chi connectivity index (χ3n) is 2.94. The molecule has 1 aromatic rings. The van der Waals surface area contributed by atoms with E-state index in [2.05, 4.69) is 33.7 Å². The van der Waals surface area contributed by atoms with E-state index in [4.69, 9.17) is 0 Å². The molecule has 5 heteroatoms. The standard InChI is InChI=1S/C15H21BrN2O2/c1-2-3-4-5-6-11-14(19)17-18-15(20)12-9-7-8-10-13(12)16/h7-10H,2-6,11H2,1H3,(H,17,19)(H,18,20). The number of halogens is 1. The number of hydrazine groups is 1. The highest BCUT2D eigenvalue weighted by Crippen LogP contribution is 2.15. The lowest BCUT2D eigenvalue weighted by Crippen LogP contribution is -2.41. The number of carbonyl (C=O) groups is 2. The maximum absolute atomic E-state index is 11.8. The summed E-state index contributed by atoms with van der Waals surface area (Å²) in [6, 6.07) is 7.08. The largest absolute Gasteiger partial charge is 0.273 e. The quantitative estimate of drug-likeness (QED) is 0.588. The van der Waals surface area contributed by atoms with Crippen molar-refractivity contribution >= 4 is 27.7 Å². The topological polar surface area (TPSA) is 58.2 Å². The van der Waals surface area contributed by atoms with Crippen LogP contribution in [0.4, 0.5) is 0 Å². The number of nitrogens with one attached hydrogen (secondary N) is 2. The molecule has 110 valence electrons. The first-order valence-electron chi connectivity index (χ1n) is 6.99. The van der Waals surface area contributed by atoms with E-state index in [0.29, 0.717) is 16.5 Å². The first kappa shape index (κ1) is 16.7. The van der Waals surface area contributed by atoms with Crippen molar-refractivity contribution in [1.82, 2.24) is 10.9 Å². The van der Waals surface area contributed by atoms with E-state index < -0.39 is 0 Å². The van der Waals surface area contributed by atoms with Gasteiger partial charge in [0, 0.05) is 10.9 Å². The monoisotopic (exact) mass is 340 g/mol. The summed E-state index contributed by atoms with van der Waals surface area (Å²) in [4.78, 5) is 23.4. The second-order valence-corrected chi connectivity index (χ2v) is 5.50. The highest BCUT2D eigenvalue weighted by atomic mass is 79.9. The summed E-state index contributed by atoms with van der Waals surface area (Å²) in [5, 5.41) is 0. The van der Waals surface area contributed by atoms with Gasteiger partial charge in [0.15, 0.2) is 0 Å². The molecule has 0 aromatic heterocycles. The Morgan fingerprint density at radius 2 is 1.75 bits per heavy atom. The van der Waals surface area contributed by atoms with Crippen LogP contribution in [0.2, 0.25) is 0 Å². The zero-order valence-corrected chi connectivity index (χ0v) is 13.3. The average molecular weight is 341 g/mol. The molecule has 0 atom stereocenters. The molecular weight excluding hydrogens is 320 g/mol. The SMILES string of the molecule is CCCCCCCC(=O)NNC(=O)c1ccccc1Br. The fourth-order valence-electron chi connectivity index (χ4n) is 1.79. The summed E-state index contributed by atoms with van der Waals surface area (Å²) in [7, 11) is 0. The molecule has 0 aliphatic rings. The molecule has 1 rings (SSSR count). The van der Waals surface area contributed by atoms with Crippen molar-refractivity contribution in [2.24, 2.45) is 0 Å². The van der Waals surface area contributed by atoms with Crippen molar-refractivity contribution in [3.63, 3.8) is 0 Å². The molecule has 0 aliphatic heterocycles. The van der Waals surface area contributed by atoms with Gasteiger partial charge in [-0.1, -0.05) is 44.7 Å². The second kappa shape index (κ2) is 9.53. The Morgan fingerprint density at radius 1 is 1.05 bits per heavy atom. The van der Waals surface area contributed by atoms with Gasteiger partial charge in [-0.2, -0.15) is 0 Å². The van der Waals surface area contributed by atoms with Gasteiger partial charge in [0.1, 0.15) is 0 Å². The molecule has 0 aliphatic carbocycles. The fraction of sp³-hybridized carbons (Fsp3) is 0.467. The van der Waals surface area contributed by atoms with Crippen molar-refractivity contribution < 1.29 is 9.59 Å². The maximum Gasteiger partial charge on any atom is 0.270 e. The summed E-state index contributed by atoms with van der Waals surface area (Å²) in [5.74, 6) is -0.473. The maximum atomic E-state index is 11.8. The Morgan fingerprint density at radius 3 is 2.45 bits per heavy atom. The number of rotatable bonds is 7. The smallest absolute Gasteiger partial charge is 0.270 e. The van der Waals surface area contributed by atoms with E-state index in [0.717, 1.165) is 19.3 Å². The highest BCUT2D eigenvalue weighted by Gasteiger charge is 2.09. The molecule has 4 nitrogen and oxygen atoms in total. The number of carbonyl (C=O) groups excluding carboxylic acids is 2. The summed E-state index contributed by atoms with van der Waals surface area (Å²) in [6.07, 6.45) is 5.91. The summed E-state index contributed by atoms with van der Waals surface area (Å²) < 4.78 is 0.700. The molecule has 2 N–H and O–H groups in total. The molecule has 20 heavy (non-hydrogen) atoms. The van der Waals surface area contributed by atoms with Crippen LogP contribution < -0.4 is 10.9 Å². The summed E-state index contributed by atoms with van der Waals surface area (Å²) >= 11 is 3.30. The Hall–Kier alpha value is -1.36. The number of amides is 2. The zero-order chi connectivity index (χ0) is 14.8. The summed E-state index contributed by atoms with van der Waals surface area (Å²) in [5.41, 5.74) is 5.36. The first-order chi connectivity index (χ1) is 9.65. The average Bonchev–Trinajstić information content (AvgIpc) is 2.45. The second-order valence-electron chi connectivity index (χ2n) is 4.65. The lowest BCUT2D eigenvalue weighted by molar-refractivity contribution is -0.122. The molecule has 0 heterocycles. The number of hydrogen-bond acceptors (Lipinski definition) is 2. The van der Waals surface area contributed by atoms with Crippen LogP contribution in [0.5, 0.6) is 0 Å². The van der Waals surface area contributed by atoms with E-state index >= 15 is 0 Å². The van der Waals surface area contributed by atoms with Gasteiger partial charge < -0.3 is 0 Å². The molecule has 0 saturated carbocycles. The molecular formula is C15H21BrN2O2. The van der Waals surface area contributed by atoms with Crippen molar-refractivity contribution in [3.8, 4) is 0 Å². The van der Waals surface area contributed by atoms with E-state index in [9.17, 15) is 9.59 Å². The molecule has 0 unspecified atom stereocenters. The van der Waals surface area contributed by atoms with Gasteiger partial charge in [-0.3, -0.25) is 20.4 Å². The molecule has 0 bridgehead atoms. The van der Waals surface area contributed by atoms with Crippen molar-refractivity contribution in [3.05, 3.63) is 34.3 Å². The molecule has 1 aromatic carbocycles. The van der Waals surface area contributed by atoms with Crippen molar-refractivity contribution in [2.75, 3.05) is 0 Å². The molecule has 2 amide bonds. The van der Waals surface area contributed by atoms with Crippen LogP contribution in [0, 0.1) is 0 Å². The van der Waals surface area contributed by atoms with E-state index in [1.807, 2.05) is 6.07 Å². The van der Waals surface area contributed by atoms with Gasteiger partial charge in [-0.05, 0) is 34.5 Å². The minimum Gasteiger partial charge on any atom is -0.273 e. The lowest BCUT2D eigenvalue weighted by atomic mass is 10.1. The zero-order valence-electron chi connectivity index (χ0n) is 11.7.